The number of hydrogen-bond acceptors (Lipinski definition) is 1. The summed E-state index contributed by atoms with van der Waals surface area (Å²) in [4.78, 5) is 0. The molecule has 0 aromatic heterocycles. The lowest BCUT2D eigenvalue weighted by Gasteiger charge is -2.33. The van der Waals surface area contributed by atoms with Gasteiger partial charge in [0.05, 0.1) is 0 Å². The first kappa shape index (κ1) is 13.7. The van der Waals surface area contributed by atoms with Crippen molar-refractivity contribution in [3.63, 3.8) is 0 Å². The number of benzene rings is 2. The number of nitrogens with one attached hydrogen (secondary N) is 1. The molecule has 0 fully saturated rings. The van der Waals surface area contributed by atoms with Crippen molar-refractivity contribution in [3.05, 3.63) is 70.2 Å². The van der Waals surface area contributed by atoms with Crippen LogP contribution in [-0.4, -0.2) is 6.54 Å². The van der Waals surface area contributed by atoms with Crippen molar-refractivity contribution < 1.29 is 0 Å². The van der Waals surface area contributed by atoms with Crippen molar-refractivity contribution >= 4 is 11.6 Å². The smallest absolute Gasteiger partial charge is 0.0406 e. The molecule has 2 aromatic rings. The van der Waals surface area contributed by atoms with Crippen molar-refractivity contribution in [3.8, 4) is 0 Å². The normalized spacial score (nSPS) is 18.2. The highest BCUT2D eigenvalue weighted by molar-refractivity contribution is 6.30. The maximum Gasteiger partial charge on any atom is 0.0406 e. The highest BCUT2D eigenvalue weighted by Gasteiger charge is 2.28. The minimum Gasteiger partial charge on any atom is -0.310 e. The van der Waals surface area contributed by atoms with Gasteiger partial charge in [-0.25, -0.2) is 0 Å². The summed E-state index contributed by atoms with van der Waals surface area (Å²) in [5.41, 5.74) is 4.38. The van der Waals surface area contributed by atoms with E-state index in [4.69, 9.17) is 11.6 Å². The van der Waals surface area contributed by atoms with Crippen LogP contribution in [0.5, 0.6) is 0 Å². The molecule has 2 aromatic carbocycles. The van der Waals surface area contributed by atoms with Crippen molar-refractivity contribution in [1.82, 2.24) is 5.32 Å². The Morgan fingerprint density at radius 1 is 1.15 bits per heavy atom. The third kappa shape index (κ3) is 2.74. The molecule has 0 amide bonds. The van der Waals surface area contributed by atoms with Crippen LogP contribution in [0.3, 0.4) is 0 Å². The fourth-order valence-corrected chi connectivity index (χ4v) is 3.26. The Labute approximate surface area is 126 Å². The number of fused-ring (bicyclic) bond motifs is 1. The first-order valence-electron chi connectivity index (χ1n) is 7.34. The van der Waals surface area contributed by atoms with Crippen LogP contribution in [0.2, 0.25) is 5.02 Å². The third-order valence-electron chi connectivity index (χ3n) is 4.20. The highest BCUT2D eigenvalue weighted by Crippen LogP contribution is 2.40. The standard InChI is InChI=1S/C18H20ClN/c1-2-20-18(13-7-9-16(19)10-8-13)12-15-11-14-5-3-4-6-17(14)15/h3-10,15,18,20H,2,11-12H2,1H3. The summed E-state index contributed by atoms with van der Waals surface area (Å²) in [6.07, 6.45) is 2.37. The molecule has 1 aliphatic rings. The Balaban J connectivity index is 1.74. The van der Waals surface area contributed by atoms with Crippen LogP contribution in [0.25, 0.3) is 0 Å². The van der Waals surface area contributed by atoms with Crippen LogP contribution in [0, 0.1) is 0 Å². The van der Waals surface area contributed by atoms with E-state index in [1.807, 2.05) is 12.1 Å². The predicted octanol–water partition coefficient (Wildman–Crippen LogP) is 4.72. The van der Waals surface area contributed by atoms with Gasteiger partial charge in [-0.3, -0.25) is 0 Å². The Kier molecular flexibility index (Phi) is 4.09. The van der Waals surface area contributed by atoms with Crippen LogP contribution in [0.1, 0.15) is 42.0 Å². The van der Waals surface area contributed by atoms with Crippen LogP contribution in [0.15, 0.2) is 48.5 Å². The molecule has 1 N–H and O–H groups in total. The molecule has 0 saturated heterocycles. The molecule has 0 bridgehead atoms. The SMILES string of the molecule is CCNC(CC1Cc2ccccc21)c1ccc(Cl)cc1. The molecule has 20 heavy (non-hydrogen) atoms. The second kappa shape index (κ2) is 5.99. The lowest BCUT2D eigenvalue weighted by molar-refractivity contribution is 0.436. The summed E-state index contributed by atoms with van der Waals surface area (Å²) in [6.45, 7) is 3.15. The minimum absolute atomic E-state index is 0.413. The topological polar surface area (TPSA) is 12.0 Å². The summed E-state index contributed by atoms with van der Waals surface area (Å²) in [5.74, 6) is 0.686. The fraction of sp³-hybridized carbons (Fsp3) is 0.333. The monoisotopic (exact) mass is 285 g/mol. The molecule has 3 rings (SSSR count). The molecule has 0 heterocycles. The van der Waals surface area contributed by atoms with Gasteiger partial charge in [0.25, 0.3) is 0 Å². The second-order valence-corrected chi connectivity index (χ2v) is 5.93. The molecular weight excluding hydrogens is 266 g/mol. The second-order valence-electron chi connectivity index (χ2n) is 5.50. The summed E-state index contributed by atoms with van der Waals surface area (Å²) < 4.78 is 0. The molecule has 0 saturated carbocycles. The van der Waals surface area contributed by atoms with Gasteiger partial charge in [-0.05, 0) is 54.1 Å². The van der Waals surface area contributed by atoms with E-state index in [-0.39, 0.29) is 0 Å². The quantitative estimate of drug-likeness (QED) is 0.838. The van der Waals surface area contributed by atoms with Crippen molar-refractivity contribution in [2.45, 2.75) is 31.7 Å². The van der Waals surface area contributed by atoms with Crippen molar-refractivity contribution in [2.24, 2.45) is 0 Å². The average Bonchev–Trinajstić information content (AvgIpc) is 2.44. The Morgan fingerprint density at radius 3 is 2.60 bits per heavy atom. The molecule has 104 valence electrons. The van der Waals surface area contributed by atoms with Gasteiger partial charge in [0.2, 0.25) is 0 Å². The maximum absolute atomic E-state index is 5.98. The Hall–Kier alpha value is -1.31. The Morgan fingerprint density at radius 2 is 1.90 bits per heavy atom. The van der Waals surface area contributed by atoms with Crippen LogP contribution in [-0.2, 0) is 6.42 Å². The molecule has 2 heteroatoms. The lowest BCUT2D eigenvalue weighted by Crippen LogP contribution is -2.27. The zero-order chi connectivity index (χ0) is 13.9. The number of halogens is 1. The third-order valence-corrected chi connectivity index (χ3v) is 4.46. The first-order chi connectivity index (χ1) is 9.78. The van der Waals surface area contributed by atoms with E-state index in [2.05, 4.69) is 48.6 Å². The largest absolute Gasteiger partial charge is 0.310 e. The van der Waals surface area contributed by atoms with E-state index in [0.717, 1.165) is 18.0 Å². The van der Waals surface area contributed by atoms with Gasteiger partial charge < -0.3 is 5.32 Å². The summed E-state index contributed by atoms with van der Waals surface area (Å²) in [5, 5.41) is 4.41. The zero-order valence-corrected chi connectivity index (χ0v) is 12.5. The van der Waals surface area contributed by atoms with Crippen LogP contribution < -0.4 is 5.32 Å². The number of rotatable bonds is 5. The van der Waals surface area contributed by atoms with Gasteiger partial charge in [0.1, 0.15) is 0 Å². The van der Waals surface area contributed by atoms with E-state index < -0.39 is 0 Å². The van der Waals surface area contributed by atoms with E-state index in [0.29, 0.717) is 12.0 Å². The van der Waals surface area contributed by atoms with E-state index in [9.17, 15) is 0 Å². The molecule has 0 spiro atoms. The highest BCUT2D eigenvalue weighted by atomic mass is 35.5. The van der Waals surface area contributed by atoms with Gasteiger partial charge in [-0.2, -0.15) is 0 Å². The van der Waals surface area contributed by atoms with Crippen molar-refractivity contribution in [2.75, 3.05) is 6.54 Å². The predicted molar refractivity (Wildman–Crippen MR) is 85.4 cm³/mol. The molecule has 2 atom stereocenters. The first-order valence-corrected chi connectivity index (χ1v) is 7.72. The molecule has 1 nitrogen and oxygen atoms in total. The molecule has 1 aliphatic carbocycles. The minimum atomic E-state index is 0.413. The van der Waals surface area contributed by atoms with Crippen molar-refractivity contribution in [1.29, 1.82) is 0 Å². The van der Waals surface area contributed by atoms with Gasteiger partial charge in [0.15, 0.2) is 0 Å². The fourth-order valence-electron chi connectivity index (χ4n) is 3.14. The van der Waals surface area contributed by atoms with Gasteiger partial charge in [0, 0.05) is 11.1 Å². The van der Waals surface area contributed by atoms with E-state index in [1.165, 1.54) is 23.1 Å². The average molecular weight is 286 g/mol. The molecule has 0 aliphatic heterocycles. The molecule has 2 unspecified atom stereocenters. The Bertz CT molecular complexity index is 576. The summed E-state index contributed by atoms with van der Waals surface area (Å²) in [7, 11) is 0. The van der Waals surface area contributed by atoms with Crippen LogP contribution in [0.4, 0.5) is 0 Å². The van der Waals surface area contributed by atoms with Gasteiger partial charge >= 0.3 is 0 Å². The van der Waals surface area contributed by atoms with E-state index >= 15 is 0 Å². The summed E-state index contributed by atoms with van der Waals surface area (Å²) in [6, 6.07) is 17.5. The van der Waals surface area contributed by atoms with Crippen LogP contribution >= 0.6 is 11.6 Å². The lowest BCUT2D eigenvalue weighted by atomic mass is 9.74. The summed E-state index contributed by atoms with van der Waals surface area (Å²) >= 11 is 5.98. The molecule has 0 radical (unpaired) electrons. The van der Waals surface area contributed by atoms with Gasteiger partial charge in [-0.15, -0.1) is 0 Å². The molecular formula is C18H20ClN. The maximum atomic E-state index is 5.98. The van der Waals surface area contributed by atoms with Gasteiger partial charge in [-0.1, -0.05) is 54.9 Å². The number of hydrogen-bond donors (Lipinski definition) is 1. The van der Waals surface area contributed by atoms with E-state index in [1.54, 1.807) is 0 Å². The zero-order valence-electron chi connectivity index (χ0n) is 11.8.